The summed E-state index contributed by atoms with van der Waals surface area (Å²) < 4.78 is 17.3. The van der Waals surface area contributed by atoms with Crippen LogP contribution in [0.5, 0.6) is 0 Å². The fourth-order valence-electron chi connectivity index (χ4n) is 2.77. The molecule has 24 heavy (non-hydrogen) atoms. The van der Waals surface area contributed by atoms with Crippen LogP contribution in [0.25, 0.3) is 0 Å². The molecule has 4 nitrogen and oxygen atoms in total. The van der Waals surface area contributed by atoms with Crippen LogP contribution in [0.15, 0.2) is 60.7 Å². The van der Waals surface area contributed by atoms with Gasteiger partial charge in [0.15, 0.2) is 6.10 Å². The quantitative estimate of drug-likeness (QED) is 0.783. The molecule has 1 saturated heterocycles. The van der Waals surface area contributed by atoms with Gasteiger partial charge in [0.1, 0.15) is 6.10 Å². The molecule has 2 aromatic rings. The van der Waals surface area contributed by atoms with Crippen LogP contribution < -0.4 is 0 Å². The van der Waals surface area contributed by atoms with Crippen molar-refractivity contribution in [2.75, 3.05) is 6.61 Å². The maximum atomic E-state index is 9.26. The lowest BCUT2D eigenvalue weighted by atomic mass is 10.1. The van der Waals surface area contributed by atoms with Gasteiger partial charge in [0, 0.05) is 6.42 Å². The summed E-state index contributed by atoms with van der Waals surface area (Å²) in [4.78, 5) is 0. The molecule has 1 fully saturated rings. The van der Waals surface area contributed by atoms with E-state index >= 15 is 0 Å². The van der Waals surface area contributed by atoms with Crippen LogP contribution in [0.1, 0.15) is 17.5 Å². The first-order chi connectivity index (χ1) is 11.8. The Balaban J connectivity index is 1.44. The molecule has 0 bridgehead atoms. The third-order valence-corrected chi connectivity index (χ3v) is 4.02. The van der Waals surface area contributed by atoms with Crippen LogP contribution in [0.4, 0.5) is 0 Å². The van der Waals surface area contributed by atoms with Crippen LogP contribution >= 0.6 is 0 Å². The zero-order chi connectivity index (χ0) is 16.6. The van der Waals surface area contributed by atoms with E-state index < -0.39 is 6.10 Å². The molecule has 1 heterocycles. The van der Waals surface area contributed by atoms with E-state index in [9.17, 15) is 5.26 Å². The number of benzene rings is 2. The molecule has 0 aromatic heterocycles. The maximum absolute atomic E-state index is 9.26. The Morgan fingerprint density at radius 2 is 1.58 bits per heavy atom. The number of ether oxygens (including phenoxy) is 3. The molecule has 0 aliphatic carbocycles. The Hall–Kier alpha value is -2.19. The van der Waals surface area contributed by atoms with Crippen LogP contribution in [-0.4, -0.2) is 24.9 Å². The molecule has 1 aliphatic heterocycles. The minimum atomic E-state index is -0.529. The van der Waals surface area contributed by atoms with E-state index in [0.29, 0.717) is 26.2 Å². The predicted octanol–water partition coefficient (Wildman–Crippen LogP) is 3.47. The first kappa shape index (κ1) is 16.7. The van der Waals surface area contributed by atoms with Gasteiger partial charge in [-0.05, 0) is 11.1 Å². The largest absolute Gasteiger partial charge is 0.374 e. The van der Waals surface area contributed by atoms with Crippen LogP contribution in [0.3, 0.4) is 0 Å². The van der Waals surface area contributed by atoms with E-state index in [1.54, 1.807) is 0 Å². The second-order valence-electron chi connectivity index (χ2n) is 5.88. The van der Waals surface area contributed by atoms with Crippen molar-refractivity contribution >= 4 is 0 Å². The molecule has 3 unspecified atom stereocenters. The Bertz CT molecular complexity index is 654. The van der Waals surface area contributed by atoms with Gasteiger partial charge in [-0.25, -0.2) is 0 Å². The van der Waals surface area contributed by atoms with Gasteiger partial charge < -0.3 is 14.2 Å². The van der Waals surface area contributed by atoms with Crippen LogP contribution in [0, 0.1) is 11.3 Å². The third-order valence-electron chi connectivity index (χ3n) is 4.02. The highest BCUT2D eigenvalue weighted by Crippen LogP contribution is 2.24. The summed E-state index contributed by atoms with van der Waals surface area (Å²) in [7, 11) is 0. The Morgan fingerprint density at radius 1 is 0.958 bits per heavy atom. The van der Waals surface area contributed by atoms with Gasteiger partial charge in [-0.2, -0.15) is 5.26 Å². The highest BCUT2D eigenvalue weighted by molar-refractivity contribution is 5.14. The highest BCUT2D eigenvalue weighted by Gasteiger charge is 2.36. The molecule has 0 amide bonds. The van der Waals surface area contributed by atoms with E-state index in [-0.39, 0.29) is 12.2 Å². The third kappa shape index (κ3) is 4.65. The normalized spacial score (nSPS) is 23.0. The smallest absolute Gasteiger partial charge is 0.170 e. The predicted molar refractivity (Wildman–Crippen MR) is 90.0 cm³/mol. The van der Waals surface area contributed by atoms with Gasteiger partial charge in [-0.1, -0.05) is 60.7 Å². The molecular formula is C20H21NO3. The number of hydrogen-bond donors (Lipinski definition) is 0. The van der Waals surface area contributed by atoms with E-state index in [0.717, 1.165) is 11.1 Å². The Kier molecular flexibility index (Phi) is 5.97. The molecule has 0 radical (unpaired) electrons. The van der Waals surface area contributed by atoms with Gasteiger partial charge in [-0.15, -0.1) is 0 Å². The summed E-state index contributed by atoms with van der Waals surface area (Å²) >= 11 is 0. The zero-order valence-electron chi connectivity index (χ0n) is 13.5. The number of hydrogen-bond acceptors (Lipinski definition) is 4. The van der Waals surface area contributed by atoms with Crippen molar-refractivity contribution in [2.45, 2.75) is 37.9 Å². The highest BCUT2D eigenvalue weighted by atomic mass is 16.6. The molecule has 0 N–H and O–H groups in total. The molecule has 0 saturated carbocycles. The minimum absolute atomic E-state index is 0.0980. The summed E-state index contributed by atoms with van der Waals surface area (Å²) in [5.41, 5.74) is 2.22. The first-order valence-corrected chi connectivity index (χ1v) is 8.17. The van der Waals surface area contributed by atoms with Gasteiger partial charge in [0.05, 0.1) is 32.0 Å². The summed E-state index contributed by atoms with van der Waals surface area (Å²) in [6.07, 6.45) is -0.154. The summed E-state index contributed by atoms with van der Waals surface area (Å²) in [6, 6.07) is 22.2. The monoisotopic (exact) mass is 323 g/mol. The topological polar surface area (TPSA) is 51.5 Å². The molecule has 3 atom stereocenters. The van der Waals surface area contributed by atoms with Crippen molar-refractivity contribution in [3.8, 4) is 6.07 Å². The minimum Gasteiger partial charge on any atom is -0.374 e. The SMILES string of the molecule is N#CC1OC(COCc2ccccc2)CC1OCc1ccccc1. The molecule has 124 valence electrons. The van der Waals surface area contributed by atoms with Gasteiger partial charge in [-0.3, -0.25) is 0 Å². The lowest BCUT2D eigenvalue weighted by molar-refractivity contribution is -0.0244. The van der Waals surface area contributed by atoms with Crippen molar-refractivity contribution in [3.05, 3.63) is 71.8 Å². The summed E-state index contributed by atoms with van der Waals surface area (Å²) in [5, 5.41) is 9.26. The van der Waals surface area contributed by atoms with Crippen molar-refractivity contribution < 1.29 is 14.2 Å². The molecule has 2 aromatic carbocycles. The van der Waals surface area contributed by atoms with Crippen molar-refractivity contribution in [2.24, 2.45) is 0 Å². The van der Waals surface area contributed by atoms with Gasteiger partial charge in [0.25, 0.3) is 0 Å². The number of rotatable bonds is 7. The van der Waals surface area contributed by atoms with E-state index in [1.807, 2.05) is 60.7 Å². The molecule has 0 spiro atoms. The van der Waals surface area contributed by atoms with Gasteiger partial charge in [0.2, 0.25) is 0 Å². The van der Waals surface area contributed by atoms with Crippen LogP contribution in [0.2, 0.25) is 0 Å². The fourth-order valence-corrected chi connectivity index (χ4v) is 2.77. The number of nitrogens with zero attached hydrogens (tertiary/aromatic N) is 1. The van der Waals surface area contributed by atoms with E-state index in [1.165, 1.54) is 0 Å². The van der Waals surface area contributed by atoms with Crippen molar-refractivity contribution in [3.63, 3.8) is 0 Å². The second-order valence-corrected chi connectivity index (χ2v) is 5.88. The summed E-state index contributed by atoms with van der Waals surface area (Å²) in [6.45, 7) is 1.51. The standard InChI is InChI=1S/C20H21NO3/c21-12-20-19(23-14-17-9-5-2-6-10-17)11-18(24-20)15-22-13-16-7-3-1-4-8-16/h1-10,18-20H,11,13-15H2. The molecular weight excluding hydrogens is 302 g/mol. The average Bonchev–Trinajstić information content (AvgIpc) is 3.04. The lowest BCUT2D eigenvalue weighted by Gasteiger charge is -2.13. The Labute approximate surface area is 142 Å². The van der Waals surface area contributed by atoms with E-state index in [2.05, 4.69) is 6.07 Å². The average molecular weight is 323 g/mol. The van der Waals surface area contributed by atoms with Crippen molar-refractivity contribution in [1.29, 1.82) is 5.26 Å². The first-order valence-electron chi connectivity index (χ1n) is 8.17. The van der Waals surface area contributed by atoms with Gasteiger partial charge >= 0.3 is 0 Å². The Morgan fingerprint density at radius 3 is 2.21 bits per heavy atom. The molecule has 4 heteroatoms. The van der Waals surface area contributed by atoms with Crippen molar-refractivity contribution in [1.82, 2.24) is 0 Å². The maximum Gasteiger partial charge on any atom is 0.170 e. The number of nitriles is 1. The molecule has 3 rings (SSSR count). The van der Waals surface area contributed by atoms with E-state index in [4.69, 9.17) is 14.2 Å². The zero-order valence-corrected chi connectivity index (χ0v) is 13.5. The molecule has 1 aliphatic rings. The second kappa shape index (κ2) is 8.60. The summed E-state index contributed by atoms with van der Waals surface area (Å²) in [5.74, 6) is 0. The lowest BCUT2D eigenvalue weighted by Crippen LogP contribution is -2.22. The van der Waals surface area contributed by atoms with Crippen LogP contribution in [-0.2, 0) is 27.4 Å². The fraction of sp³-hybridized carbons (Fsp3) is 0.350.